The molecule has 0 aliphatic carbocycles. The highest BCUT2D eigenvalue weighted by atomic mass is 32.2. The van der Waals surface area contributed by atoms with E-state index in [1.807, 2.05) is 12.3 Å². The molecule has 120 valence electrons. The van der Waals surface area contributed by atoms with E-state index >= 15 is 0 Å². The van der Waals surface area contributed by atoms with E-state index in [4.69, 9.17) is 10.5 Å². The van der Waals surface area contributed by atoms with E-state index in [-0.39, 0.29) is 0 Å². The number of esters is 1. The minimum Gasteiger partial charge on any atom is -0.454 e. The number of amides is 3. The summed E-state index contributed by atoms with van der Waals surface area (Å²) in [4.78, 5) is 34.4. The molecule has 0 spiro atoms. The predicted octanol–water partition coefficient (Wildman–Crippen LogP) is 0.958. The number of carbonyl (C=O) groups excluding carboxylic acids is 3. The van der Waals surface area contributed by atoms with Gasteiger partial charge in [0.05, 0.1) is 0 Å². The van der Waals surface area contributed by atoms with E-state index in [2.05, 4.69) is 10.6 Å². The Morgan fingerprint density at radius 3 is 2.55 bits per heavy atom. The molecule has 1 aromatic carbocycles. The van der Waals surface area contributed by atoms with Gasteiger partial charge in [-0.1, -0.05) is 18.2 Å². The Morgan fingerprint density at radius 2 is 1.95 bits per heavy atom. The van der Waals surface area contributed by atoms with Gasteiger partial charge < -0.3 is 21.1 Å². The third-order valence-corrected chi connectivity index (χ3v) is 3.26. The molecule has 4 N–H and O–H groups in total. The maximum Gasteiger partial charge on any atom is 0.329 e. The van der Waals surface area contributed by atoms with Crippen LogP contribution in [0.4, 0.5) is 10.5 Å². The van der Waals surface area contributed by atoms with Gasteiger partial charge in [0.2, 0.25) is 0 Å². The summed E-state index contributed by atoms with van der Waals surface area (Å²) in [5.41, 5.74) is 5.63. The molecule has 3 amide bonds. The molecule has 0 heterocycles. The fourth-order valence-corrected chi connectivity index (χ4v) is 2.08. The van der Waals surface area contributed by atoms with Crippen molar-refractivity contribution in [2.24, 2.45) is 5.73 Å². The summed E-state index contributed by atoms with van der Waals surface area (Å²) in [6.07, 6.45) is 2.25. The number of urea groups is 1. The molecule has 0 saturated carbocycles. The number of carbonyl (C=O) groups is 3. The van der Waals surface area contributed by atoms with Crippen molar-refractivity contribution in [2.75, 3.05) is 23.9 Å². The number of hydrogen-bond acceptors (Lipinski definition) is 5. The van der Waals surface area contributed by atoms with Crippen LogP contribution >= 0.6 is 11.8 Å². The van der Waals surface area contributed by atoms with E-state index in [0.717, 1.165) is 0 Å². The van der Waals surface area contributed by atoms with Gasteiger partial charge in [-0.2, -0.15) is 11.8 Å². The van der Waals surface area contributed by atoms with Gasteiger partial charge in [0.25, 0.3) is 5.91 Å². The number of nitrogens with one attached hydrogen (secondary N) is 2. The monoisotopic (exact) mass is 325 g/mol. The average molecular weight is 325 g/mol. The van der Waals surface area contributed by atoms with Gasteiger partial charge in [-0.3, -0.25) is 4.79 Å². The lowest BCUT2D eigenvalue weighted by Gasteiger charge is -2.15. The number of benzene rings is 1. The molecule has 1 atom stereocenters. The molecule has 0 unspecified atom stereocenters. The fraction of sp³-hybridized carbons (Fsp3) is 0.357. The zero-order chi connectivity index (χ0) is 16.4. The molecule has 8 heteroatoms. The first kappa shape index (κ1) is 17.8. The number of hydrogen-bond donors (Lipinski definition) is 3. The highest BCUT2D eigenvalue weighted by molar-refractivity contribution is 7.98. The molecule has 7 nitrogen and oxygen atoms in total. The van der Waals surface area contributed by atoms with Crippen LogP contribution in [0, 0.1) is 0 Å². The van der Waals surface area contributed by atoms with Gasteiger partial charge in [0, 0.05) is 5.69 Å². The molecule has 0 aromatic heterocycles. The average Bonchev–Trinajstić information content (AvgIpc) is 2.49. The van der Waals surface area contributed by atoms with Crippen LogP contribution in [-0.4, -0.2) is 42.6 Å². The Balaban J connectivity index is 2.44. The second kappa shape index (κ2) is 9.67. The van der Waals surface area contributed by atoms with Crippen LogP contribution in [0.25, 0.3) is 0 Å². The number of rotatable bonds is 8. The van der Waals surface area contributed by atoms with Crippen molar-refractivity contribution in [2.45, 2.75) is 12.5 Å². The number of thioether (sulfide) groups is 1. The Morgan fingerprint density at radius 1 is 1.27 bits per heavy atom. The Labute approximate surface area is 133 Å². The van der Waals surface area contributed by atoms with E-state index in [0.29, 0.717) is 17.9 Å². The number of primary amides is 1. The van der Waals surface area contributed by atoms with Crippen molar-refractivity contribution in [3.05, 3.63) is 30.3 Å². The molecule has 1 rings (SSSR count). The summed E-state index contributed by atoms with van der Waals surface area (Å²) in [5, 5.41) is 4.89. The number of para-hydroxylation sites is 1. The smallest absolute Gasteiger partial charge is 0.329 e. The molecular formula is C14H19N3O4S. The minimum absolute atomic E-state index is 0.378. The largest absolute Gasteiger partial charge is 0.454 e. The molecule has 0 bridgehead atoms. The van der Waals surface area contributed by atoms with Crippen LogP contribution in [0.1, 0.15) is 6.42 Å². The molecule has 22 heavy (non-hydrogen) atoms. The van der Waals surface area contributed by atoms with Crippen LogP contribution in [0.3, 0.4) is 0 Å². The number of anilines is 1. The second-order valence-electron chi connectivity index (χ2n) is 4.36. The van der Waals surface area contributed by atoms with Crippen molar-refractivity contribution >= 4 is 35.4 Å². The lowest BCUT2D eigenvalue weighted by Crippen LogP contribution is -2.45. The van der Waals surface area contributed by atoms with Gasteiger partial charge in [0.15, 0.2) is 6.61 Å². The number of nitrogens with two attached hydrogens (primary N) is 1. The van der Waals surface area contributed by atoms with Crippen LogP contribution < -0.4 is 16.4 Å². The summed E-state index contributed by atoms with van der Waals surface area (Å²) in [6.45, 7) is -0.427. The normalized spacial score (nSPS) is 11.3. The van der Waals surface area contributed by atoms with Crippen LogP contribution in [0.15, 0.2) is 30.3 Å². The molecular weight excluding hydrogens is 306 g/mol. The lowest BCUT2D eigenvalue weighted by atomic mass is 10.2. The predicted molar refractivity (Wildman–Crippen MR) is 85.5 cm³/mol. The van der Waals surface area contributed by atoms with Crippen molar-refractivity contribution in [3.8, 4) is 0 Å². The standard InChI is InChI=1S/C14H19N3O4S/c1-22-8-7-11(17-14(15)20)13(19)21-9-12(18)16-10-5-3-2-4-6-10/h2-6,11H,7-9H2,1H3,(H,16,18)(H3,15,17,20)/t11-/m0/s1. The van der Waals surface area contributed by atoms with Gasteiger partial charge in [-0.15, -0.1) is 0 Å². The van der Waals surface area contributed by atoms with Crippen molar-refractivity contribution in [3.63, 3.8) is 0 Å². The first-order chi connectivity index (χ1) is 10.5. The third kappa shape index (κ3) is 6.98. The maximum atomic E-state index is 11.9. The van der Waals surface area contributed by atoms with E-state index < -0.39 is 30.6 Å². The zero-order valence-electron chi connectivity index (χ0n) is 12.2. The summed E-state index contributed by atoms with van der Waals surface area (Å²) in [7, 11) is 0. The topological polar surface area (TPSA) is 111 Å². The molecule has 1 aromatic rings. The molecule has 0 radical (unpaired) electrons. The highest BCUT2D eigenvalue weighted by Gasteiger charge is 2.21. The number of ether oxygens (including phenoxy) is 1. The molecule has 0 aliphatic rings. The molecule has 0 saturated heterocycles. The SMILES string of the molecule is CSCC[C@H](NC(N)=O)C(=O)OCC(=O)Nc1ccccc1. The van der Waals surface area contributed by atoms with Gasteiger partial charge in [-0.05, 0) is 30.6 Å². The quantitative estimate of drug-likeness (QED) is 0.617. The maximum absolute atomic E-state index is 11.9. The highest BCUT2D eigenvalue weighted by Crippen LogP contribution is 2.05. The summed E-state index contributed by atoms with van der Waals surface area (Å²) in [5.74, 6) is -0.491. The van der Waals surface area contributed by atoms with Crippen LogP contribution in [0.2, 0.25) is 0 Å². The van der Waals surface area contributed by atoms with E-state index in [1.165, 1.54) is 11.8 Å². The van der Waals surface area contributed by atoms with Crippen molar-refractivity contribution in [1.29, 1.82) is 0 Å². The summed E-state index contributed by atoms with van der Waals surface area (Å²) >= 11 is 1.52. The third-order valence-electron chi connectivity index (χ3n) is 2.61. The van der Waals surface area contributed by atoms with Crippen LogP contribution in [0.5, 0.6) is 0 Å². The first-order valence-corrected chi connectivity index (χ1v) is 7.98. The van der Waals surface area contributed by atoms with Gasteiger partial charge in [0.1, 0.15) is 6.04 Å². The first-order valence-electron chi connectivity index (χ1n) is 6.59. The molecule has 0 fully saturated rings. The van der Waals surface area contributed by atoms with Gasteiger partial charge >= 0.3 is 12.0 Å². The van der Waals surface area contributed by atoms with E-state index in [9.17, 15) is 14.4 Å². The van der Waals surface area contributed by atoms with Gasteiger partial charge in [-0.25, -0.2) is 9.59 Å². The minimum atomic E-state index is -0.852. The Bertz CT molecular complexity index is 510. The second-order valence-corrected chi connectivity index (χ2v) is 5.35. The Hall–Kier alpha value is -2.22. The lowest BCUT2D eigenvalue weighted by molar-refractivity contribution is -0.149. The van der Waals surface area contributed by atoms with E-state index in [1.54, 1.807) is 24.3 Å². The Kier molecular flexibility index (Phi) is 7.84. The fourth-order valence-electron chi connectivity index (χ4n) is 1.61. The van der Waals surface area contributed by atoms with Crippen LogP contribution in [-0.2, 0) is 14.3 Å². The molecule has 0 aliphatic heterocycles. The zero-order valence-corrected chi connectivity index (χ0v) is 13.0. The summed E-state index contributed by atoms with van der Waals surface area (Å²) in [6, 6.07) is 7.15. The van der Waals surface area contributed by atoms with Crippen molar-refractivity contribution in [1.82, 2.24) is 5.32 Å². The van der Waals surface area contributed by atoms with Crippen molar-refractivity contribution < 1.29 is 19.1 Å². The summed E-state index contributed by atoms with van der Waals surface area (Å²) < 4.78 is 4.91.